The van der Waals surface area contributed by atoms with E-state index in [9.17, 15) is 17.6 Å². The lowest BCUT2D eigenvalue weighted by Gasteiger charge is -2.33. The Hall–Kier alpha value is -1.52. The van der Waals surface area contributed by atoms with Crippen molar-refractivity contribution in [2.75, 3.05) is 26.2 Å². The van der Waals surface area contributed by atoms with Crippen molar-refractivity contribution < 1.29 is 17.6 Å². The quantitative estimate of drug-likeness (QED) is 0.590. The van der Waals surface area contributed by atoms with Gasteiger partial charge < -0.3 is 4.90 Å². The molecule has 1 aromatic carbocycles. The topological polar surface area (TPSA) is 57.7 Å². The van der Waals surface area contributed by atoms with Crippen molar-refractivity contribution in [3.05, 3.63) is 50.9 Å². The number of hydrogen-bond donors (Lipinski definition) is 0. The van der Waals surface area contributed by atoms with Gasteiger partial charge in [0.2, 0.25) is 0 Å². The van der Waals surface area contributed by atoms with Gasteiger partial charge in [0, 0.05) is 36.3 Å². The number of aryl methyl sites for hydroxylation is 1. The molecule has 0 spiro atoms. The lowest BCUT2D eigenvalue weighted by molar-refractivity contribution is 0.0702. The van der Waals surface area contributed by atoms with Gasteiger partial charge in [0.15, 0.2) is 0 Å². The summed E-state index contributed by atoms with van der Waals surface area (Å²) in [5, 5.41) is 0.478. The Balaban J connectivity index is 1.52. The minimum Gasteiger partial charge on any atom is -0.335 e. The van der Waals surface area contributed by atoms with Crippen molar-refractivity contribution in [3.8, 4) is 0 Å². The first-order valence-electron chi connectivity index (χ1n) is 8.51. The fourth-order valence-electron chi connectivity index (χ4n) is 3.30. The zero-order valence-corrected chi connectivity index (χ0v) is 18.0. The van der Waals surface area contributed by atoms with Gasteiger partial charge >= 0.3 is 0 Å². The lowest BCUT2D eigenvalue weighted by Crippen LogP contribution is -2.50. The maximum atomic E-state index is 14.1. The van der Waals surface area contributed by atoms with E-state index in [0.717, 1.165) is 16.0 Å². The molecule has 0 unspecified atom stereocenters. The second-order valence-electron chi connectivity index (χ2n) is 6.42. The number of piperazine rings is 1. The molecule has 3 heterocycles. The number of nitrogens with zero attached hydrogens (tertiary/aromatic N) is 2. The molecule has 1 aliphatic rings. The summed E-state index contributed by atoms with van der Waals surface area (Å²) in [7, 11) is -3.61. The first kappa shape index (κ1) is 19.8. The number of sulfonamides is 1. The number of carbonyl (C=O) groups excluding carboxylic acids is 1. The zero-order valence-electron chi connectivity index (χ0n) is 14.8. The van der Waals surface area contributed by atoms with Crippen molar-refractivity contribution >= 4 is 60.3 Å². The number of hydrogen-bond acceptors (Lipinski definition) is 5. The van der Waals surface area contributed by atoms with E-state index >= 15 is 0 Å². The number of benzene rings is 1. The average molecular weight is 459 g/mol. The van der Waals surface area contributed by atoms with Gasteiger partial charge in [-0.1, -0.05) is 17.7 Å². The molecule has 0 aliphatic carbocycles. The number of fused-ring (bicyclic) bond motifs is 1. The molecule has 28 heavy (non-hydrogen) atoms. The van der Waals surface area contributed by atoms with Crippen molar-refractivity contribution in [1.29, 1.82) is 0 Å². The Kier molecular flexibility index (Phi) is 5.22. The standard InChI is InChI=1S/C18H16ClFN2O3S3/c1-11-16-12(20)3-2-4-13(16)26-17(11)18(23)21-7-9-22(10-8-21)28(24,25)15-6-5-14(19)27-15/h2-6H,7-10H2,1H3. The van der Waals surface area contributed by atoms with E-state index in [4.69, 9.17) is 11.6 Å². The van der Waals surface area contributed by atoms with Gasteiger partial charge in [-0.15, -0.1) is 22.7 Å². The van der Waals surface area contributed by atoms with E-state index in [1.165, 1.54) is 27.8 Å². The van der Waals surface area contributed by atoms with Crippen LogP contribution < -0.4 is 0 Å². The van der Waals surface area contributed by atoms with Crippen LogP contribution in [0.3, 0.4) is 0 Å². The number of thiophene rings is 2. The third-order valence-electron chi connectivity index (χ3n) is 4.77. The third-order valence-corrected chi connectivity index (χ3v) is 9.61. The van der Waals surface area contributed by atoms with Gasteiger partial charge in [-0.2, -0.15) is 4.31 Å². The van der Waals surface area contributed by atoms with Crippen molar-refractivity contribution in [2.24, 2.45) is 0 Å². The van der Waals surface area contributed by atoms with Gasteiger partial charge in [0.05, 0.1) is 9.21 Å². The molecule has 1 fully saturated rings. The van der Waals surface area contributed by atoms with Crippen LogP contribution in [0.4, 0.5) is 4.39 Å². The molecular formula is C18H16ClFN2O3S3. The smallest absolute Gasteiger partial charge is 0.264 e. The van der Waals surface area contributed by atoms with E-state index in [2.05, 4.69) is 0 Å². The van der Waals surface area contributed by atoms with Crippen LogP contribution in [0.2, 0.25) is 4.34 Å². The van der Waals surface area contributed by atoms with E-state index in [0.29, 0.717) is 20.2 Å². The summed E-state index contributed by atoms with van der Waals surface area (Å²) >= 11 is 8.14. The number of halogens is 2. The molecule has 0 saturated carbocycles. The summed E-state index contributed by atoms with van der Waals surface area (Å²) in [6.07, 6.45) is 0. The second-order valence-corrected chi connectivity index (χ2v) is 11.4. The summed E-state index contributed by atoms with van der Waals surface area (Å²) in [6, 6.07) is 7.86. The van der Waals surface area contributed by atoms with Crippen molar-refractivity contribution in [1.82, 2.24) is 9.21 Å². The minimum absolute atomic E-state index is 0.186. The van der Waals surface area contributed by atoms with Gasteiger partial charge in [-0.25, -0.2) is 12.8 Å². The third kappa shape index (κ3) is 3.35. The second kappa shape index (κ2) is 7.38. The number of carbonyl (C=O) groups is 1. The Morgan fingerprint density at radius 1 is 1.11 bits per heavy atom. The number of amides is 1. The zero-order chi connectivity index (χ0) is 20.1. The summed E-state index contributed by atoms with van der Waals surface area (Å²) in [4.78, 5) is 15.1. The SMILES string of the molecule is Cc1c(C(=O)N2CCN(S(=O)(=O)c3ccc(Cl)s3)CC2)sc2cccc(F)c12. The van der Waals surface area contributed by atoms with Crippen LogP contribution in [0, 0.1) is 12.7 Å². The Bertz CT molecular complexity index is 1160. The van der Waals surface area contributed by atoms with Crippen LogP contribution >= 0.6 is 34.3 Å². The summed E-state index contributed by atoms with van der Waals surface area (Å²) < 4.78 is 42.2. The highest BCUT2D eigenvalue weighted by atomic mass is 35.5. The first-order chi connectivity index (χ1) is 13.3. The molecule has 1 aliphatic heterocycles. The highest BCUT2D eigenvalue weighted by molar-refractivity contribution is 7.91. The van der Waals surface area contributed by atoms with Crippen LogP contribution in [0.1, 0.15) is 15.2 Å². The molecule has 148 valence electrons. The summed E-state index contributed by atoms with van der Waals surface area (Å²) in [5.74, 6) is -0.523. The number of rotatable bonds is 3. The molecule has 2 aromatic heterocycles. The van der Waals surface area contributed by atoms with Crippen LogP contribution in [-0.2, 0) is 10.0 Å². The van der Waals surface area contributed by atoms with Crippen molar-refractivity contribution in [3.63, 3.8) is 0 Å². The lowest BCUT2D eigenvalue weighted by atomic mass is 10.1. The van der Waals surface area contributed by atoms with Crippen LogP contribution in [-0.4, -0.2) is 49.7 Å². The molecule has 0 radical (unpaired) electrons. The monoisotopic (exact) mass is 458 g/mol. The molecule has 3 aromatic rings. The Morgan fingerprint density at radius 3 is 2.43 bits per heavy atom. The minimum atomic E-state index is -3.61. The highest BCUT2D eigenvalue weighted by Gasteiger charge is 2.32. The fraction of sp³-hybridized carbons (Fsp3) is 0.278. The molecule has 4 rings (SSSR count). The average Bonchev–Trinajstić information content (AvgIpc) is 3.26. The van der Waals surface area contributed by atoms with Gasteiger partial charge in [-0.3, -0.25) is 4.79 Å². The summed E-state index contributed by atoms with van der Waals surface area (Å²) in [5.41, 5.74) is 0.631. The fourth-order valence-corrected chi connectivity index (χ4v) is 7.55. The maximum Gasteiger partial charge on any atom is 0.264 e. The van der Waals surface area contributed by atoms with Crippen LogP contribution in [0.5, 0.6) is 0 Å². The van der Waals surface area contributed by atoms with Crippen LogP contribution in [0.15, 0.2) is 34.5 Å². The molecule has 5 nitrogen and oxygen atoms in total. The predicted molar refractivity (Wildman–Crippen MR) is 111 cm³/mol. The van der Waals surface area contributed by atoms with E-state index in [1.807, 2.05) is 0 Å². The van der Waals surface area contributed by atoms with Gasteiger partial charge in [0.25, 0.3) is 15.9 Å². The molecule has 0 atom stereocenters. The van der Waals surface area contributed by atoms with Crippen LogP contribution in [0.25, 0.3) is 10.1 Å². The van der Waals surface area contributed by atoms with Gasteiger partial charge in [-0.05, 0) is 36.8 Å². The summed E-state index contributed by atoms with van der Waals surface area (Å²) in [6.45, 7) is 2.74. The Labute approximate surface area is 175 Å². The Morgan fingerprint density at radius 2 is 1.82 bits per heavy atom. The normalized spacial score (nSPS) is 16.0. The van der Waals surface area contributed by atoms with Crippen molar-refractivity contribution in [2.45, 2.75) is 11.1 Å². The maximum absolute atomic E-state index is 14.1. The van der Waals surface area contributed by atoms with E-state index in [1.54, 1.807) is 30.0 Å². The highest BCUT2D eigenvalue weighted by Crippen LogP contribution is 2.34. The predicted octanol–water partition coefficient (Wildman–Crippen LogP) is 4.21. The van der Waals surface area contributed by atoms with E-state index in [-0.39, 0.29) is 42.1 Å². The molecule has 1 amide bonds. The first-order valence-corrected chi connectivity index (χ1v) is 12.0. The van der Waals surface area contributed by atoms with E-state index < -0.39 is 10.0 Å². The molecule has 1 saturated heterocycles. The molecule has 0 bridgehead atoms. The van der Waals surface area contributed by atoms with Gasteiger partial charge in [0.1, 0.15) is 10.0 Å². The molecule has 10 heteroatoms. The molecule has 0 N–H and O–H groups in total. The largest absolute Gasteiger partial charge is 0.335 e. The molecular weight excluding hydrogens is 443 g/mol.